The van der Waals surface area contributed by atoms with Crippen LogP contribution in [0.15, 0.2) is 24.3 Å². The summed E-state index contributed by atoms with van der Waals surface area (Å²) < 4.78 is 7.56. The molecular formula is C18H25NO3. The van der Waals surface area contributed by atoms with E-state index in [0.29, 0.717) is 5.56 Å². The third kappa shape index (κ3) is 3.02. The van der Waals surface area contributed by atoms with Crippen LogP contribution in [0, 0.1) is 6.92 Å². The lowest BCUT2D eigenvalue weighted by Gasteiger charge is -2.21. The van der Waals surface area contributed by atoms with Crippen molar-refractivity contribution in [2.24, 2.45) is 0 Å². The lowest BCUT2D eigenvalue weighted by atomic mass is 10.1. The lowest BCUT2D eigenvalue weighted by Crippen LogP contribution is -2.24. The smallest absolute Gasteiger partial charge is 0.341 e. The zero-order valence-corrected chi connectivity index (χ0v) is 14.2. The van der Waals surface area contributed by atoms with Crippen molar-refractivity contribution in [2.75, 3.05) is 0 Å². The van der Waals surface area contributed by atoms with Gasteiger partial charge in [0.15, 0.2) is 0 Å². The van der Waals surface area contributed by atoms with Gasteiger partial charge in [0.1, 0.15) is 5.60 Å². The van der Waals surface area contributed by atoms with E-state index in [1.165, 1.54) is 0 Å². The van der Waals surface area contributed by atoms with Crippen LogP contribution >= 0.6 is 0 Å². The Morgan fingerprint density at radius 3 is 2.36 bits per heavy atom. The van der Waals surface area contributed by atoms with E-state index in [0.717, 1.165) is 16.6 Å². The molecule has 1 aromatic heterocycles. The van der Waals surface area contributed by atoms with Gasteiger partial charge in [-0.05, 0) is 47.6 Å². The van der Waals surface area contributed by atoms with Gasteiger partial charge in [-0.25, -0.2) is 4.79 Å². The standard InChI is InChI=1S/C18H25NO3/c1-11(13(3)20)19-12(2)16(17(21)22-18(4,5)6)14-9-7-8-10-15(14)19/h7-11,13,20H,1-6H3. The highest BCUT2D eigenvalue weighted by Crippen LogP contribution is 2.31. The maximum absolute atomic E-state index is 12.6. The van der Waals surface area contributed by atoms with Gasteiger partial charge in [-0.15, -0.1) is 0 Å². The van der Waals surface area contributed by atoms with E-state index in [2.05, 4.69) is 0 Å². The first kappa shape index (κ1) is 16.6. The number of benzene rings is 1. The Morgan fingerprint density at radius 2 is 1.82 bits per heavy atom. The van der Waals surface area contributed by atoms with Crippen molar-refractivity contribution in [3.05, 3.63) is 35.5 Å². The molecule has 0 fully saturated rings. The van der Waals surface area contributed by atoms with Crippen molar-refractivity contribution in [1.82, 2.24) is 4.57 Å². The maximum Gasteiger partial charge on any atom is 0.341 e. The monoisotopic (exact) mass is 303 g/mol. The number of esters is 1. The molecule has 1 aromatic carbocycles. The minimum absolute atomic E-state index is 0.124. The first-order valence-electron chi connectivity index (χ1n) is 7.64. The first-order chi connectivity index (χ1) is 10.1. The summed E-state index contributed by atoms with van der Waals surface area (Å²) in [5.74, 6) is -0.322. The molecule has 0 spiro atoms. The van der Waals surface area contributed by atoms with Crippen LogP contribution in [0.2, 0.25) is 0 Å². The Balaban J connectivity index is 2.65. The molecule has 2 rings (SSSR count). The average Bonchev–Trinajstić information content (AvgIpc) is 2.67. The third-order valence-corrected chi connectivity index (χ3v) is 3.86. The molecule has 0 saturated heterocycles. The Bertz CT molecular complexity index is 692. The third-order valence-electron chi connectivity index (χ3n) is 3.86. The Kier molecular flexibility index (Phi) is 4.34. The number of aliphatic hydroxyl groups excluding tert-OH is 1. The van der Waals surface area contributed by atoms with Crippen LogP contribution in [-0.4, -0.2) is 27.3 Å². The van der Waals surface area contributed by atoms with Gasteiger partial charge in [0.2, 0.25) is 0 Å². The van der Waals surface area contributed by atoms with E-state index < -0.39 is 11.7 Å². The highest BCUT2D eigenvalue weighted by Gasteiger charge is 2.27. The van der Waals surface area contributed by atoms with Crippen LogP contribution in [0.5, 0.6) is 0 Å². The number of aromatic nitrogens is 1. The van der Waals surface area contributed by atoms with Crippen LogP contribution in [0.3, 0.4) is 0 Å². The van der Waals surface area contributed by atoms with E-state index in [1.54, 1.807) is 6.92 Å². The number of aliphatic hydroxyl groups is 1. The van der Waals surface area contributed by atoms with Crippen molar-refractivity contribution < 1.29 is 14.6 Å². The number of hydrogen-bond acceptors (Lipinski definition) is 3. The molecular weight excluding hydrogens is 278 g/mol. The van der Waals surface area contributed by atoms with Crippen LogP contribution in [-0.2, 0) is 4.74 Å². The van der Waals surface area contributed by atoms with Gasteiger partial charge in [-0.3, -0.25) is 0 Å². The number of carbonyl (C=O) groups is 1. The quantitative estimate of drug-likeness (QED) is 0.876. The molecule has 0 aliphatic rings. The van der Waals surface area contributed by atoms with Crippen molar-refractivity contribution in [3.63, 3.8) is 0 Å². The Morgan fingerprint density at radius 1 is 1.23 bits per heavy atom. The minimum Gasteiger partial charge on any atom is -0.456 e. The molecule has 1 heterocycles. The largest absolute Gasteiger partial charge is 0.456 e. The number of ether oxygens (including phenoxy) is 1. The fourth-order valence-electron chi connectivity index (χ4n) is 2.72. The summed E-state index contributed by atoms with van der Waals surface area (Å²) >= 11 is 0. The van der Waals surface area contributed by atoms with E-state index in [4.69, 9.17) is 4.74 Å². The molecule has 0 aliphatic heterocycles. The normalized spacial score (nSPS) is 14.9. The Labute approximate surface area is 131 Å². The molecule has 4 heteroatoms. The molecule has 1 N–H and O–H groups in total. The van der Waals surface area contributed by atoms with Gasteiger partial charge >= 0.3 is 5.97 Å². The summed E-state index contributed by atoms with van der Waals surface area (Å²) in [6.45, 7) is 11.2. The second kappa shape index (κ2) is 5.76. The van der Waals surface area contributed by atoms with E-state index in [1.807, 2.05) is 63.5 Å². The summed E-state index contributed by atoms with van der Waals surface area (Å²) in [5, 5.41) is 10.8. The number of nitrogens with zero attached hydrogens (tertiary/aromatic N) is 1. The zero-order chi connectivity index (χ0) is 16.7. The summed E-state index contributed by atoms with van der Waals surface area (Å²) in [6.07, 6.45) is -0.513. The van der Waals surface area contributed by atoms with Gasteiger partial charge < -0.3 is 14.4 Å². The Hall–Kier alpha value is -1.81. The second-order valence-corrected chi connectivity index (χ2v) is 6.83. The number of carbonyl (C=O) groups excluding carboxylic acids is 1. The van der Waals surface area contributed by atoms with Gasteiger partial charge in [-0.1, -0.05) is 18.2 Å². The molecule has 0 radical (unpaired) electrons. The fraction of sp³-hybridized carbons (Fsp3) is 0.500. The van der Waals surface area contributed by atoms with Crippen molar-refractivity contribution >= 4 is 16.9 Å². The van der Waals surface area contributed by atoms with Crippen molar-refractivity contribution in [2.45, 2.75) is 59.3 Å². The molecule has 120 valence electrons. The van der Waals surface area contributed by atoms with E-state index >= 15 is 0 Å². The highest BCUT2D eigenvalue weighted by molar-refractivity contribution is 6.06. The molecule has 0 aliphatic carbocycles. The predicted molar refractivity (Wildman–Crippen MR) is 88.2 cm³/mol. The fourth-order valence-corrected chi connectivity index (χ4v) is 2.72. The predicted octanol–water partition coefficient (Wildman–Crippen LogP) is 3.85. The van der Waals surface area contributed by atoms with Gasteiger partial charge in [0.05, 0.1) is 17.7 Å². The first-order valence-corrected chi connectivity index (χ1v) is 7.64. The van der Waals surface area contributed by atoms with Crippen LogP contribution < -0.4 is 0 Å². The highest BCUT2D eigenvalue weighted by atomic mass is 16.6. The average molecular weight is 303 g/mol. The molecule has 0 saturated carbocycles. The van der Waals surface area contributed by atoms with Crippen molar-refractivity contribution in [1.29, 1.82) is 0 Å². The summed E-state index contributed by atoms with van der Waals surface area (Å²) in [4.78, 5) is 12.6. The van der Waals surface area contributed by atoms with Crippen molar-refractivity contribution in [3.8, 4) is 0 Å². The molecule has 4 nitrogen and oxygen atoms in total. The number of para-hydroxylation sites is 1. The van der Waals surface area contributed by atoms with E-state index in [-0.39, 0.29) is 12.0 Å². The number of fused-ring (bicyclic) bond motifs is 1. The number of rotatable bonds is 3. The summed E-state index contributed by atoms with van der Waals surface area (Å²) in [5.41, 5.74) is 1.80. The maximum atomic E-state index is 12.6. The van der Waals surface area contributed by atoms with Crippen LogP contribution in [0.1, 0.15) is 56.7 Å². The summed E-state index contributed by atoms with van der Waals surface area (Å²) in [7, 11) is 0. The molecule has 0 amide bonds. The van der Waals surface area contributed by atoms with Crippen LogP contribution in [0.25, 0.3) is 10.9 Å². The molecule has 2 aromatic rings. The molecule has 2 unspecified atom stereocenters. The number of hydrogen-bond donors (Lipinski definition) is 1. The summed E-state index contributed by atoms with van der Waals surface area (Å²) in [6, 6.07) is 7.61. The SMILES string of the molecule is Cc1c(C(=O)OC(C)(C)C)c2ccccc2n1C(C)C(C)O. The zero-order valence-electron chi connectivity index (χ0n) is 14.2. The second-order valence-electron chi connectivity index (χ2n) is 6.83. The topological polar surface area (TPSA) is 51.5 Å². The minimum atomic E-state index is -0.539. The molecule has 22 heavy (non-hydrogen) atoms. The van der Waals surface area contributed by atoms with E-state index in [9.17, 15) is 9.90 Å². The molecule has 2 atom stereocenters. The van der Waals surface area contributed by atoms with Crippen LogP contribution in [0.4, 0.5) is 0 Å². The lowest BCUT2D eigenvalue weighted by molar-refractivity contribution is 0.00702. The van der Waals surface area contributed by atoms with Gasteiger partial charge in [0.25, 0.3) is 0 Å². The molecule has 0 bridgehead atoms. The van der Waals surface area contributed by atoms with Gasteiger partial charge in [0, 0.05) is 16.6 Å². The van der Waals surface area contributed by atoms with Gasteiger partial charge in [-0.2, -0.15) is 0 Å².